The Bertz CT molecular complexity index is 943. The van der Waals surface area contributed by atoms with Gasteiger partial charge in [-0.25, -0.2) is 0 Å². The second-order valence-electron chi connectivity index (χ2n) is 8.66. The zero-order chi connectivity index (χ0) is 23.8. The monoisotopic (exact) mass is 506 g/mol. The summed E-state index contributed by atoms with van der Waals surface area (Å²) in [5.74, 6) is 0.625. The van der Waals surface area contributed by atoms with E-state index in [1.165, 1.54) is 18.2 Å². The van der Waals surface area contributed by atoms with Gasteiger partial charge < -0.3 is 10.2 Å². The molecular weight excluding hydrogens is 475 g/mol. The number of aryl methyl sites for hydroxylation is 1. The highest BCUT2D eigenvalue weighted by molar-refractivity contribution is 7.99. The van der Waals surface area contributed by atoms with E-state index in [4.69, 9.17) is 23.2 Å². The van der Waals surface area contributed by atoms with Gasteiger partial charge in [0.25, 0.3) is 0 Å². The SMILES string of the molecule is Cc1ccccc1CN(C(=O)CSCc1c(Cl)cccc1Cl)[C@H](C)C(=O)NC1CCCCC1. The van der Waals surface area contributed by atoms with Crippen LogP contribution in [0.1, 0.15) is 55.7 Å². The van der Waals surface area contributed by atoms with E-state index >= 15 is 0 Å². The molecule has 0 heterocycles. The summed E-state index contributed by atoms with van der Waals surface area (Å²) >= 11 is 14.0. The third-order valence-electron chi connectivity index (χ3n) is 6.25. The lowest BCUT2D eigenvalue weighted by Gasteiger charge is -2.31. The van der Waals surface area contributed by atoms with Crippen molar-refractivity contribution in [1.82, 2.24) is 10.2 Å². The molecule has 0 unspecified atom stereocenters. The molecule has 1 aliphatic rings. The molecule has 4 nitrogen and oxygen atoms in total. The van der Waals surface area contributed by atoms with E-state index in [2.05, 4.69) is 5.32 Å². The zero-order valence-electron chi connectivity index (χ0n) is 19.3. The Balaban J connectivity index is 1.69. The van der Waals surface area contributed by atoms with Crippen LogP contribution in [-0.4, -0.2) is 34.6 Å². The first-order valence-electron chi connectivity index (χ1n) is 11.5. The predicted molar refractivity (Wildman–Crippen MR) is 139 cm³/mol. The Kier molecular flexibility index (Phi) is 9.96. The Morgan fingerprint density at radius 3 is 2.39 bits per heavy atom. The second-order valence-corrected chi connectivity index (χ2v) is 10.5. The summed E-state index contributed by atoms with van der Waals surface area (Å²) in [6.07, 6.45) is 5.54. The molecule has 178 valence electrons. The first-order chi connectivity index (χ1) is 15.9. The number of hydrogen-bond acceptors (Lipinski definition) is 3. The highest BCUT2D eigenvalue weighted by atomic mass is 35.5. The number of nitrogens with zero attached hydrogens (tertiary/aromatic N) is 1. The average molecular weight is 508 g/mol. The van der Waals surface area contributed by atoms with E-state index in [9.17, 15) is 9.59 Å². The third kappa shape index (κ3) is 7.40. The molecule has 1 atom stereocenters. The van der Waals surface area contributed by atoms with Gasteiger partial charge in [0.1, 0.15) is 6.04 Å². The van der Waals surface area contributed by atoms with Crippen LogP contribution in [-0.2, 0) is 21.9 Å². The van der Waals surface area contributed by atoms with Crippen LogP contribution in [0.15, 0.2) is 42.5 Å². The van der Waals surface area contributed by atoms with Gasteiger partial charge >= 0.3 is 0 Å². The standard InChI is InChI=1S/C26H32Cl2N2O2S/c1-18-9-6-7-10-20(18)15-30(19(2)26(32)29-21-11-4-3-5-12-21)25(31)17-33-16-22-23(27)13-8-14-24(22)28/h6-10,13-14,19,21H,3-5,11-12,15-17H2,1-2H3,(H,29,32)/t19-/m1/s1. The fourth-order valence-electron chi connectivity index (χ4n) is 4.12. The molecule has 0 aliphatic heterocycles. The predicted octanol–water partition coefficient (Wildman–Crippen LogP) is 6.40. The lowest BCUT2D eigenvalue weighted by atomic mass is 9.95. The fraction of sp³-hybridized carbons (Fsp3) is 0.462. The summed E-state index contributed by atoms with van der Waals surface area (Å²) in [5, 5.41) is 4.37. The number of thioether (sulfide) groups is 1. The highest BCUT2D eigenvalue weighted by Crippen LogP contribution is 2.28. The van der Waals surface area contributed by atoms with Crippen LogP contribution >= 0.6 is 35.0 Å². The smallest absolute Gasteiger partial charge is 0.242 e. The summed E-state index contributed by atoms with van der Waals surface area (Å²) in [4.78, 5) is 28.1. The number of rotatable bonds is 9. The van der Waals surface area contributed by atoms with Gasteiger partial charge in [0.2, 0.25) is 11.8 Å². The van der Waals surface area contributed by atoms with Crippen molar-refractivity contribution in [2.45, 2.75) is 70.3 Å². The van der Waals surface area contributed by atoms with Crippen LogP contribution in [0, 0.1) is 6.92 Å². The molecular formula is C26H32Cl2N2O2S. The fourth-order valence-corrected chi connectivity index (χ4v) is 5.76. The van der Waals surface area contributed by atoms with Crippen LogP contribution in [0.3, 0.4) is 0 Å². The van der Waals surface area contributed by atoms with E-state index < -0.39 is 6.04 Å². The summed E-state index contributed by atoms with van der Waals surface area (Å²) in [6.45, 7) is 4.25. The van der Waals surface area contributed by atoms with Crippen molar-refractivity contribution in [3.63, 3.8) is 0 Å². The molecule has 33 heavy (non-hydrogen) atoms. The zero-order valence-corrected chi connectivity index (χ0v) is 21.6. The highest BCUT2D eigenvalue weighted by Gasteiger charge is 2.28. The summed E-state index contributed by atoms with van der Waals surface area (Å²) in [6, 6.07) is 13.0. The number of benzene rings is 2. The molecule has 0 spiro atoms. The van der Waals surface area contributed by atoms with Gasteiger partial charge in [-0.05, 0) is 55.5 Å². The Labute approximate surface area is 211 Å². The molecule has 1 aliphatic carbocycles. The molecule has 2 aromatic rings. The van der Waals surface area contributed by atoms with E-state index in [0.717, 1.165) is 42.4 Å². The maximum Gasteiger partial charge on any atom is 0.242 e. The Morgan fingerprint density at radius 1 is 1.06 bits per heavy atom. The van der Waals surface area contributed by atoms with Crippen molar-refractivity contribution < 1.29 is 9.59 Å². The largest absolute Gasteiger partial charge is 0.352 e. The Hall–Kier alpha value is -1.69. The summed E-state index contributed by atoms with van der Waals surface area (Å²) in [7, 11) is 0. The van der Waals surface area contributed by atoms with Crippen molar-refractivity contribution in [2.75, 3.05) is 5.75 Å². The molecule has 3 rings (SSSR count). The van der Waals surface area contributed by atoms with E-state index in [0.29, 0.717) is 22.3 Å². The van der Waals surface area contributed by atoms with Crippen LogP contribution in [0.2, 0.25) is 10.0 Å². The van der Waals surface area contributed by atoms with Crippen molar-refractivity contribution in [3.8, 4) is 0 Å². The van der Waals surface area contributed by atoms with Gasteiger partial charge in [-0.3, -0.25) is 9.59 Å². The maximum atomic E-state index is 13.3. The average Bonchev–Trinajstić information content (AvgIpc) is 2.80. The molecule has 1 saturated carbocycles. The van der Waals surface area contributed by atoms with Gasteiger partial charge in [-0.15, -0.1) is 11.8 Å². The summed E-state index contributed by atoms with van der Waals surface area (Å²) in [5.41, 5.74) is 2.97. The molecule has 7 heteroatoms. The molecule has 2 aromatic carbocycles. The van der Waals surface area contributed by atoms with Crippen LogP contribution in [0.25, 0.3) is 0 Å². The van der Waals surface area contributed by atoms with Crippen LogP contribution < -0.4 is 5.32 Å². The third-order valence-corrected chi connectivity index (χ3v) is 7.91. The number of carbonyl (C=O) groups excluding carboxylic acids is 2. The van der Waals surface area contributed by atoms with E-state index in [-0.39, 0.29) is 23.6 Å². The topological polar surface area (TPSA) is 49.4 Å². The Morgan fingerprint density at radius 2 is 1.73 bits per heavy atom. The first kappa shape index (κ1) is 25.9. The normalized spacial score (nSPS) is 15.2. The van der Waals surface area contributed by atoms with E-state index in [1.807, 2.05) is 38.1 Å². The molecule has 0 bridgehead atoms. The minimum Gasteiger partial charge on any atom is -0.352 e. The number of nitrogens with one attached hydrogen (secondary N) is 1. The van der Waals surface area contributed by atoms with Gasteiger partial charge in [0, 0.05) is 28.4 Å². The lowest BCUT2D eigenvalue weighted by Crippen LogP contribution is -2.50. The molecule has 1 fully saturated rings. The molecule has 2 amide bonds. The van der Waals surface area contributed by atoms with Gasteiger partial charge in [-0.1, -0.05) is 72.8 Å². The van der Waals surface area contributed by atoms with Crippen molar-refractivity contribution >= 4 is 46.8 Å². The van der Waals surface area contributed by atoms with Crippen molar-refractivity contribution in [1.29, 1.82) is 0 Å². The number of carbonyl (C=O) groups is 2. The molecule has 0 aromatic heterocycles. The van der Waals surface area contributed by atoms with Gasteiger partial charge in [0.05, 0.1) is 5.75 Å². The number of amides is 2. The maximum absolute atomic E-state index is 13.3. The minimum absolute atomic E-state index is 0.0716. The van der Waals surface area contributed by atoms with Crippen molar-refractivity contribution in [2.24, 2.45) is 0 Å². The van der Waals surface area contributed by atoms with Gasteiger partial charge in [-0.2, -0.15) is 0 Å². The minimum atomic E-state index is -0.552. The van der Waals surface area contributed by atoms with Crippen LogP contribution in [0.5, 0.6) is 0 Å². The molecule has 0 saturated heterocycles. The van der Waals surface area contributed by atoms with Gasteiger partial charge in [0.15, 0.2) is 0 Å². The van der Waals surface area contributed by atoms with Crippen LogP contribution in [0.4, 0.5) is 0 Å². The van der Waals surface area contributed by atoms with Crippen molar-refractivity contribution in [3.05, 3.63) is 69.2 Å². The summed E-state index contributed by atoms with van der Waals surface area (Å²) < 4.78 is 0. The quantitative estimate of drug-likeness (QED) is 0.427. The number of halogens is 2. The van der Waals surface area contributed by atoms with E-state index in [1.54, 1.807) is 23.1 Å². The molecule has 0 radical (unpaired) electrons. The second kappa shape index (κ2) is 12.7. The lowest BCUT2D eigenvalue weighted by molar-refractivity contribution is -0.139. The first-order valence-corrected chi connectivity index (χ1v) is 13.4. The number of hydrogen-bond donors (Lipinski definition) is 1. The molecule has 1 N–H and O–H groups in total.